The van der Waals surface area contributed by atoms with Crippen LogP contribution in [-0.2, 0) is 4.79 Å². The Labute approximate surface area is 131 Å². The van der Waals surface area contributed by atoms with Crippen molar-refractivity contribution in [2.75, 3.05) is 30.3 Å². The van der Waals surface area contributed by atoms with E-state index in [1.54, 1.807) is 11.6 Å². The fourth-order valence-corrected chi connectivity index (χ4v) is 1.79. The third-order valence-electron chi connectivity index (χ3n) is 2.93. The van der Waals surface area contributed by atoms with E-state index in [0.717, 1.165) is 23.5 Å². The minimum Gasteiger partial charge on any atom is -0.396 e. The lowest BCUT2D eigenvalue weighted by atomic mass is 10.1. The van der Waals surface area contributed by atoms with E-state index in [9.17, 15) is 4.79 Å². The van der Waals surface area contributed by atoms with Gasteiger partial charge in [0.15, 0.2) is 0 Å². The van der Waals surface area contributed by atoms with Crippen molar-refractivity contribution in [3.63, 3.8) is 0 Å². The summed E-state index contributed by atoms with van der Waals surface area (Å²) >= 11 is 0. The molecule has 6 heteroatoms. The molecule has 0 bridgehead atoms. The molecule has 0 aliphatic heterocycles. The number of nitrogens with one attached hydrogen (secondary N) is 3. The minimum absolute atomic E-state index is 0.152. The molecule has 6 nitrogen and oxygen atoms in total. The highest BCUT2D eigenvalue weighted by Crippen LogP contribution is 2.24. The Hall–Kier alpha value is -2.05. The Kier molecular flexibility index (Phi) is 8.03. The molecule has 122 valence electrons. The maximum absolute atomic E-state index is 11.0. The third-order valence-corrected chi connectivity index (χ3v) is 2.93. The molecular formula is C16H25N3O3. The summed E-state index contributed by atoms with van der Waals surface area (Å²) in [6.07, 6.45) is 3.58. The van der Waals surface area contributed by atoms with Crippen LogP contribution in [-0.4, -0.2) is 35.9 Å². The number of amides is 1. The van der Waals surface area contributed by atoms with Gasteiger partial charge < -0.3 is 15.7 Å². The van der Waals surface area contributed by atoms with E-state index < -0.39 is 5.91 Å². The van der Waals surface area contributed by atoms with Crippen LogP contribution in [0.2, 0.25) is 0 Å². The Morgan fingerprint density at radius 2 is 2.05 bits per heavy atom. The Bertz CT molecular complexity index is 501. The zero-order valence-electron chi connectivity index (χ0n) is 13.1. The molecule has 5 N–H and O–H groups in total. The molecule has 0 fully saturated rings. The van der Waals surface area contributed by atoms with E-state index in [1.165, 1.54) is 6.08 Å². The number of rotatable bonds is 9. The van der Waals surface area contributed by atoms with Crippen LogP contribution in [0.4, 0.5) is 11.4 Å². The van der Waals surface area contributed by atoms with E-state index >= 15 is 0 Å². The van der Waals surface area contributed by atoms with E-state index in [1.807, 2.05) is 18.2 Å². The fourth-order valence-electron chi connectivity index (χ4n) is 1.79. The maximum atomic E-state index is 11.0. The normalized spacial score (nSPS) is 11.0. The van der Waals surface area contributed by atoms with Crippen LogP contribution in [0.3, 0.4) is 0 Å². The van der Waals surface area contributed by atoms with Crippen molar-refractivity contribution in [3.05, 3.63) is 29.8 Å². The number of hydroxylamine groups is 1. The van der Waals surface area contributed by atoms with Gasteiger partial charge in [0.2, 0.25) is 0 Å². The summed E-state index contributed by atoms with van der Waals surface area (Å²) < 4.78 is 0. The molecule has 0 unspecified atom stereocenters. The predicted molar refractivity (Wildman–Crippen MR) is 88.9 cm³/mol. The minimum atomic E-state index is -0.568. The van der Waals surface area contributed by atoms with Gasteiger partial charge in [0.05, 0.1) is 11.4 Å². The molecule has 0 saturated heterocycles. The number of anilines is 2. The van der Waals surface area contributed by atoms with Gasteiger partial charge in [-0.05, 0) is 36.1 Å². The standard InChI is InChI=1S/C16H25N3O3/c1-12(2)11-18-15-10-13(5-7-16(21)19-22)4-6-14(15)17-8-3-9-20/h4-7,10,12,17-18,20,22H,3,8-9,11H2,1-2H3,(H,19,21)/b7-5+. The molecule has 1 aromatic rings. The zero-order chi connectivity index (χ0) is 16.4. The molecule has 0 aliphatic rings. The lowest BCUT2D eigenvalue weighted by Crippen LogP contribution is -2.14. The van der Waals surface area contributed by atoms with Crippen molar-refractivity contribution in [2.45, 2.75) is 20.3 Å². The van der Waals surface area contributed by atoms with Crippen LogP contribution in [0.5, 0.6) is 0 Å². The highest BCUT2D eigenvalue weighted by molar-refractivity contribution is 5.91. The van der Waals surface area contributed by atoms with Gasteiger partial charge in [-0.1, -0.05) is 19.9 Å². The summed E-state index contributed by atoms with van der Waals surface area (Å²) in [5, 5.41) is 24.0. The quantitative estimate of drug-likeness (QED) is 0.208. The van der Waals surface area contributed by atoms with Crippen LogP contribution in [0.1, 0.15) is 25.8 Å². The van der Waals surface area contributed by atoms with Gasteiger partial charge in [0, 0.05) is 25.8 Å². The molecule has 0 aromatic heterocycles. The smallest absolute Gasteiger partial charge is 0.267 e. The van der Waals surface area contributed by atoms with Crippen molar-refractivity contribution < 1.29 is 15.1 Å². The molecule has 1 amide bonds. The zero-order valence-corrected chi connectivity index (χ0v) is 13.1. The van der Waals surface area contributed by atoms with Crippen molar-refractivity contribution in [1.82, 2.24) is 5.48 Å². The first-order valence-corrected chi connectivity index (χ1v) is 7.41. The van der Waals surface area contributed by atoms with Gasteiger partial charge in [-0.25, -0.2) is 5.48 Å². The number of aliphatic hydroxyl groups is 1. The van der Waals surface area contributed by atoms with Gasteiger partial charge in [-0.2, -0.15) is 0 Å². The summed E-state index contributed by atoms with van der Waals surface area (Å²) in [7, 11) is 0. The number of benzene rings is 1. The van der Waals surface area contributed by atoms with E-state index in [-0.39, 0.29) is 6.61 Å². The number of hydrogen-bond donors (Lipinski definition) is 5. The van der Waals surface area contributed by atoms with Crippen molar-refractivity contribution in [2.24, 2.45) is 5.92 Å². The van der Waals surface area contributed by atoms with Gasteiger partial charge in [0.1, 0.15) is 0 Å². The topological polar surface area (TPSA) is 93.6 Å². The molecule has 0 aliphatic carbocycles. The average Bonchev–Trinajstić information content (AvgIpc) is 2.51. The highest BCUT2D eigenvalue weighted by atomic mass is 16.5. The van der Waals surface area contributed by atoms with Crippen LogP contribution in [0.15, 0.2) is 24.3 Å². The molecule has 0 heterocycles. The Balaban J connectivity index is 2.87. The molecule has 0 atom stereocenters. The molecule has 0 saturated carbocycles. The second-order valence-corrected chi connectivity index (χ2v) is 5.39. The predicted octanol–water partition coefficient (Wildman–Crippen LogP) is 2.07. The average molecular weight is 307 g/mol. The second-order valence-electron chi connectivity index (χ2n) is 5.39. The highest BCUT2D eigenvalue weighted by Gasteiger charge is 2.04. The summed E-state index contributed by atoms with van der Waals surface area (Å²) in [4.78, 5) is 11.0. The van der Waals surface area contributed by atoms with Crippen molar-refractivity contribution in [1.29, 1.82) is 0 Å². The first-order valence-electron chi connectivity index (χ1n) is 7.41. The third kappa shape index (κ3) is 6.60. The molecule has 1 rings (SSSR count). The molecule has 0 spiro atoms. The monoisotopic (exact) mass is 307 g/mol. The Morgan fingerprint density at radius 1 is 1.27 bits per heavy atom. The fraction of sp³-hybridized carbons (Fsp3) is 0.438. The molecular weight excluding hydrogens is 282 g/mol. The van der Waals surface area contributed by atoms with Crippen LogP contribution >= 0.6 is 0 Å². The van der Waals surface area contributed by atoms with Gasteiger partial charge in [-0.15, -0.1) is 0 Å². The number of carbonyl (C=O) groups excluding carboxylic acids is 1. The van der Waals surface area contributed by atoms with E-state index in [0.29, 0.717) is 18.9 Å². The summed E-state index contributed by atoms with van der Waals surface area (Å²) in [5.74, 6) is -0.0634. The molecule has 1 aromatic carbocycles. The van der Waals surface area contributed by atoms with E-state index in [4.69, 9.17) is 10.3 Å². The van der Waals surface area contributed by atoms with Crippen LogP contribution in [0.25, 0.3) is 6.08 Å². The summed E-state index contributed by atoms with van der Waals surface area (Å²) in [5.41, 5.74) is 4.31. The number of carbonyl (C=O) groups is 1. The molecule has 22 heavy (non-hydrogen) atoms. The lowest BCUT2D eigenvalue weighted by molar-refractivity contribution is -0.124. The maximum Gasteiger partial charge on any atom is 0.267 e. The van der Waals surface area contributed by atoms with Crippen LogP contribution in [0, 0.1) is 5.92 Å². The summed E-state index contributed by atoms with van der Waals surface area (Å²) in [6, 6.07) is 5.74. The van der Waals surface area contributed by atoms with Gasteiger partial charge in [-0.3, -0.25) is 10.0 Å². The van der Waals surface area contributed by atoms with Gasteiger partial charge >= 0.3 is 0 Å². The molecule has 0 radical (unpaired) electrons. The second kappa shape index (κ2) is 9.81. The number of hydrogen-bond acceptors (Lipinski definition) is 5. The van der Waals surface area contributed by atoms with E-state index in [2.05, 4.69) is 24.5 Å². The number of aliphatic hydroxyl groups excluding tert-OH is 1. The SMILES string of the molecule is CC(C)CNc1cc(/C=C/C(=O)NO)ccc1NCCCO. The first-order chi connectivity index (χ1) is 10.6. The largest absolute Gasteiger partial charge is 0.396 e. The van der Waals surface area contributed by atoms with Gasteiger partial charge in [0.25, 0.3) is 5.91 Å². The first kappa shape index (κ1) is 18.0. The summed E-state index contributed by atoms with van der Waals surface area (Å²) in [6.45, 7) is 5.93. The van der Waals surface area contributed by atoms with Crippen molar-refractivity contribution in [3.8, 4) is 0 Å². The van der Waals surface area contributed by atoms with Crippen molar-refractivity contribution >= 4 is 23.4 Å². The van der Waals surface area contributed by atoms with Crippen LogP contribution < -0.4 is 16.1 Å². The lowest BCUT2D eigenvalue weighted by Gasteiger charge is -2.16. The Morgan fingerprint density at radius 3 is 2.68 bits per heavy atom.